The fraction of sp³-hybridized carbons (Fsp3) is 0. The first-order valence-electron chi connectivity index (χ1n) is 5.58. The number of nitrogens with one attached hydrogen (secondary N) is 3. The number of benzene rings is 1. The topological polar surface area (TPSA) is 105 Å². The van der Waals surface area contributed by atoms with Gasteiger partial charge in [-0.25, -0.2) is 14.6 Å². The highest BCUT2D eigenvalue weighted by Gasteiger charge is 2.14. The molecule has 0 amide bonds. The van der Waals surface area contributed by atoms with Gasteiger partial charge in [0.05, 0.1) is 11.6 Å². The van der Waals surface area contributed by atoms with Crippen molar-refractivity contribution in [2.45, 2.75) is 0 Å². The van der Waals surface area contributed by atoms with E-state index in [9.17, 15) is 8.78 Å². The summed E-state index contributed by atoms with van der Waals surface area (Å²) >= 11 is 0. The van der Waals surface area contributed by atoms with Crippen LogP contribution in [0.3, 0.4) is 0 Å². The molecule has 0 unspecified atom stereocenters. The molecule has 1 aromatic carbocycles. The summed E-state index contributed by atoms with van der Waals surface area (Å²) in [7, 11) is 0. The molecular formula is C11H9F2N7. The molecule has 0 aliphatic rings. The number of fused-ring (bicyclic) bond motifs is 1. The SMILES string of the molecule is NNc1nc(Nc2c(F)cccc2F)c2cn[nH]c2n1. The highest BCUT2D eigenvalue weighted by molar-refractivity contribution is 5.89. The number of hydrogen-bond acceptors (Lipinski definition) is 6. The van der Waals surface area contributed by atoms with Crippen molar-refractivity contribution in [3.05, 3.63) is 36.0 Å². The summed E-state index contributed by atoms with van der Waals surface area (Å²) in [6, 6.07) is 3.55. The van der Waals surface area contributed by atoms with Gasteiger partial charge in [-0.2, -0.15) is 15.1 Å². The Bertz CT molecular complexity index is 750. The number of hydrogen-bond donors (Lipinski definition) is 4. The number of para-hydroxylation sites is 1. The summed E-state index contributed by atoms with van der Waals surface area (Å²) in [5, 5.41) is 9.49. The van der Waals surface area contributed by atoms with Gasteiger partial charge in [-0.15, -0.1) is 0 Å². The lowest BCUT2D eigenvalue weighted by atomic mass is 10.3. The summed E-state index contributed by atoms with van der Waals surface area (Å²) in [4.78, 5) is 8.03. The van der Waals surface area contributed by atoms with Gasteiger partial charge in [-0.05, 0) is 12.1 Å². The van der Waals surface area contributed by atoms with E-state index in [4.69, 9.17) is 5.84 Å². The van der Waals surface area contributed by atoms with Crippen molar-refractivity contribution in [3.8, 4) is 0 Å². The van der Waals surface area contributed by atoms with Crippen molar-refractivity contribution in [1.82, 2.24) is 20.2 Å². The van der Waals surface area contributed by atoms with Crippen LogP contribution in [0.25, 0.3) is 11.0 Å². The van der Waals surface area contributed by atoms with Crippen LogP contribution >= 0.6 is 0 Å². The monoisotopic (exact) mass is 277 g/mol. The lowest BCUT2D eigenvalue weighted by Crippen LogP contribution is -2.11. The highest BCUT2D eigenvalue weighted by Crippen LogP contribution is 2.26. The van der Waals surface area contributed by atoms with Crippen LogP contribution in [0, 0.1) is 11.6 Å². The molecule has 0 atom stereocenters. The van der Waals surface area contributed by atoms with Crippen LogP contribution < -0.4 is 16.6 Å². The van der Waals surface area contributed by atoms with Crippen LogP contribution in [0.4, 0.5) is 26.2 Å². The van der Waals surface area contributed by atoms with E-state index < -0.39 is 11.6 Å². The number of halogens is 2. The Hall–Kier alpha value is -2.81. The highest BCUT2D eigenvalue weighted by atomic mass is 19.1. The van der Waals surface area contributed by atoms with Gasteiger partial charge in [0.25, 0.3) is 0 Å². The summed E-state index contributed by atoms with van der Waals surface area (Å²) in [5.74, 6) is 4.04. The zero-order chi connectivity index (χ0) is 14.1. The average Bonchev–Trinajstić information content (AvgIpc) is 2.91. The summed E-state index contributed by atoms with van der Waals surface area (Å²) in [6.45, 7) is 0. The zero-order valence-corrected chi connectivity index (χ0v) is 9.98. The third-order valence-corrected chi connectivity index (χ3v) is 2.65. The molecule has 0 bridgehead atoms. The molecule has 0 aliphatic heterocycles. The van der Waals surface area contributed by atoms with Crippen molar-refractivity contribution in [3.63, 3.8) is 0 Å². The maximum Gasteiger partial charge on any atom is 0.241 e. The van der Waals surface area contributed by atoms with Crippen LogP contribution in [0.15, 0.2) is 24.4 Å². The molecule has 3 aromatic rings. The van der Waals surface area contributed by atoms with E-state index >= 15 is 0 Å². The second kappa shape index (κ2) is 4.70. The maximum atomic E-state index is 13.6. The Balaban J connectivity index is 2.12. The third-order valence-electron chi connectivity index (χ3n) is 2.65. The van der Waals surface area contributed by atoms with E-state index in [1.165, 1.54) is 12.3 Å². The summed E-state index contributed by atoms with van der Waals surface area (Å²) in [6.07, 6.45) is 1.44. The molecule has 0 saturated carbocycles. The Kier molecular flexibility index (Phi) is 2.88. The largest absolute Gasteiger partial charge is 0.335 e. The molecule has 9 heteroatoms. The van der Waals surface area contributed by atoms with E-state index in [2.05, 4.69) is 30.9 Å². The number of nitrogen functional groups attached to an aromatic ring is 1. The van der Waals surface area contributed by atoms with Crippen molar-refractivity contribution in [2.75, 3.05) is 10.7 Å². The quantitative estimate of drug-likeness (QED) is 0.428. The molecule has 2 aromatic heterocycles. The van der Waals surface area contributed by atoms with Crippen molar-refractivity contribution < 1.29 is 8.78 Å². The number of H-pyrrole nitrogens is 1. The predicted molar refractivity (Wildman–Crippen MR) is 69.1 cm³/mol. The Labute approximate surface area is 111 Å². The summed E-state index contributed by atoms with van der Waals surface area (Å²) in [5.41, 5.74) is 2.34. The van der Waals surface area contributed by atoms with Crippen molar-refractivity contribution in [2.24, 2.45) is 5.84 Å². The standard InChI is InChI=1S/C11H9F2N7/c12-6-2-1-3-7(13)8(6)16-9-5-4-15-20-10(5)18-11(17-9)19-14/h1-4H,14H2,(H3,15,16,17,18,19,20). The van der Waals surface area contributed by atoms with Crippen LogP contribution in [0.1, 0.15) is 0 Å². The van der Waals surface area contributed by atoms with Crippen LogP contribution in [-0.4, -0.2) is 20.2 Å². The number of nitrogens with two attached hydrogens (primary N) is 1. The zero-order valence-electron chi connectivity index (χ0n) is 9.98. The molecule has 102 valence electrons. The first kappa shape index (κ1) is 12.2. The van der Waals surface area contributed by atoms with Crippen LogP contribution in [0.5, 0.6) is 0 Å². The Morgan fingerprint density at radius 3 is 2.60 bits per heavy atom. The first-order chi connectivity index (χ1) is 9.69. The van der Waals surface area contributed by atoms with Gasteiger partial charge >= 0.3 is 0 Å². The minimum absolute atomic E-state index is 0.0843. The molecule has 0 spiro atoms. The third kappa shape index (κ3) is 1.99. The molecule has 5 N–H and O–H groups in total. The second-order valence-electron chi connectivity index (χ2n) is 3.89. The maximum absolute atomic E-state index is 13.6. The fourth-order valence-corrected chi connectivity index (χ4v) is 1.73. The Morgan fingerprint density at radius 1 is 1.15 bits per heavy atom. The van der Waals surface area contributed by atoms with Gasteiger partial charge in [-0.3, -0.25) is 10.5 Å². The number of nitrogens with zero attached hydrogens (tertiary/aromatic N) is 3. The van der Waals surface area contributed by atoms with Crippen LogP contribution in [-0.2, 0) is 0 Å². The van der Waals surface area contributed by atoms with E-state index in [-0.39, 0.29) is 17.5 Å². The molecular weight excluding hydrogens is 268 g/mol. The van der Waals surface area contributed by atoms with Crippen molar-refractivity contribution in [1.29, 1.82) is 0 Å². The van der Waals surface area contributed by atoms with Crippen LogP contribution in [0.2, 0.25) is 0 Å². The van der Waals surface area contributed by atoms with Gasteiger partial charge in [0.15, 0.2) is 5.65 Å². The average molecular weight is 277 g/mol. The lowest BCUT2D eigenvalue weighted by molar-refractivity contribution is 0.590. The Morgan fingerprint density at radius 2 is 1.90 bits per heavy atom. The normalized spacial score (nSPS) is 10.8. The molecule has 2 heterocycles. The fourth-order valence-electron chi connectivity index (χ4n) is 1.73. The van der Waals surface area contributed by atoms with Gasteiger partial charge in [0, 0.05) is 0 Å². The minimum Gasteiger partial charge on any atom is -0.335 e. The number of rotatable bonds is 3. The summed E-state index contributed by atoms with van der Waals surface area (Å²) < 4.78 is 27.3. The van der Waals surface area contributed by atoms with Crippen molar-refractivity contribution >= 4 is 28.5 Å². The molecule has 20 heavy (non-hydrogen) atoms. The lowest BCUT2D eigenvalue weighted by Gasteiger charge is -2.09. The predicted octanol–water partition coefficient (Wildman–Crippen LogP) is 1.66. The smallest absolute Gasteiger partial charge is 0.241 e. The molecule has 0 radical (unpaired) electrons. The molecule has 3 rings (SSSR count). The van der Waals surface area contributed by atoms with E-state index in [0.717, 1.165) is 12.1 Å². The van der Waals surface area contributed by atoms with E-state index in [1.807, 2.05) is 0 Å². The van der Waals surface area contributed by atoms with Gasteiger partial charge in [-0.1, -0.05) is 6.07 Å². The molecule has 7 nitrogen and oxygen atoms in total. The molecule has 0 fully saturated rings. The van der Waals surface area contributed by atoms with Gasteiger partial charge in [0.1, 0.15) is 23.1 Å². The van der Waals surface area contributed by atoms with Gasteiger partial charge < -0.3 is 5.32 Å². The molecule has 0 aliphatic carbocycles. The van der Waals surface area contributed by atoms with Gasteiger partial charge in [0.2, 0.25) is 5.95 Å². The number of aromatic nitrogens is 4. The minimum atomic E-state index is -0.734. The number of aromatic amines is 1. The van der Waals surface area contributed by atoms with E-state index in [1.54, 1.807) is 0 Å². The number of hydrazine groups is 1. The first-order valence-corrected chi connectivity index (χ1v) is 5.58. The second-order valence-corrected chi connectivity index (χ2v) is 3.89. The molecule has 0 saturated heterocycles. The number of anilines is 3. The van der Waals surface area contributed by atoms with E-state index in [0.29, 0.717) is 11.0 Å².